The molecule has 0 spiro atoms. The smallest absolute Gasteiger partial charge is 0.395 e. The largest absolute Gasteiger partial charge is 0.418 e. The molecular formula is C13H18F3N3O. The summed E-state index contributed by atoms with van der Waals surface area (Å²) in [5.41, 5.74) is -0.576. The molecule has 0 saturated carbocycles. The Labute approximate surface area is 115 Å². The van der Waals surface area contributed by atoms with Gasteiger partial charge in [-0.2, -0.15) is 13.2 Å². The molecule has 0 aliphatic carbocycles. The molecule has 1 fully saturated rings. The van der Waals surface area contributed by atoms with Crippen molar-refractivity contribution in [3.8, 4) is 0 Å². The Morgan fingerprint density at radius 3 is 2.40 bits per heavy atom. The molecule has 1 N–H and O–H groups in total. The molecular weight excluding hydrogens is 271 g/mol. The number of halogens is 3. The van der Waals surface area contributed by atoms with Crippen LogP contribution in [0.4, 0.5) is 13.2 Å². The number of hydrogen-bond acceptors (Lipinski definition) is 4. The molecule has 0 amide bonds. The Morgan fingerprint density at radius 1 is 1.15 bits per heavy atom. The fourth-order valence-electron chi connectivity index (χ4n) is 2.35. The molecule has 0 bridgehead atoms. The van der Waals surface area contributed by atoms with E-state index in [4.69, 9.17) is 5.11 Å². The van der Waals surface area contributed by atoms with Crippen molar-refractivity contribution >= 4 is 0 Å². The van der Waals surface area contributed by atoms with E-state index in [2.05, 4.69) is 9.88 Å². The van der Waals surface area contributed by atoms with Gasteiger partial charge in [0.05, 0.1) is 17.9 Å². The molecule has 0 aromatic carbocycles. The fourth-order valence-corrected chi connectivity index (χ4v) is 2.35. The van der Waals surface area contributed by atoms with Gasteiger partial charge in [-0.15, -0.1) is 0 Å². The third kappa shape index (κ3) is 3.91. The van der Waals surface area contributed by atoms with Crippen LogP contribution in [0.5, 0.6) is 0 Å². The predicted octanol–water partition coefficient (Wildman–Crippen LogP) is 1.21. The molecule has 0 unspecified atom stereocenters. The van der Waals surface area contributed by atoms with Crippen molar-refractivity contribution in [3.63, 3.8) is 0 Å². The molecule has 2 rings (SSSR count). The highest BCUT2D eigenvalue weighted by molar-refractivity contribution is 5.23. The highest BCUT2D eigenvalue weighted by Crippen LogP contribution is 2.31. The maximum absolute atomic E-state index is 12.9. The molecule has 0 radical (unpaired) electrons. The number of alkyl halides is 3. The Morgan fingerprint density at radius 2 is 1.80 bits per heavy atom. The lowest BCUT2D eigenvalue weighted by Gasteiger charge is -2.34. The summed E-state index contributed by atoms with van der Waals surface area (Å²) in [6, 6.07) is 2.38. The van der Waals surface area contributed by atoms with Crippen LogP contribution in [-0.4, -0.2) is 59.2 Å². The van der Waals surface area contributed by atoms with Crippen LogP contribution in [0.3, 0.4) is 0 Å². The summed E-state index contributed by atoms with van der Waals surface area (Å²) < 4.78 is 38.6. The van der Waals surface area contributed by atoms with E-state index in [9.17, 15) is 13.2 Å². The second-order valence-corrected chi connectivity index (χ2v) is 4.84. The Kier molecular flexibility index (Phi) is 4.95. The maximum atomic E-state index is 12.9. The van der Waals surface area contributed by atoms with Crippen molar-refractivity contribution in [2.24, 2.45) is 0 Å². The SMILES string of the molecule is OCCN1CCN(Cc2ncccc2C(F)(F)F)CC1. The van der Waals surface area contributed by atoms with Gasteiger partial charge in [0.25, 0.3) is 0 Å². The molecule has 1 aliphatic heterocycles. The molecule has 20 heavy (non-hydrogen) atoms. The number of rotatable bonds is 4. The van der Waals surface area contributed by atoms with E-state index in [0.29, 0.717) is 19.6 Å². The standard InChI is InChI=1S/C13H18F3N3O/c14-13(15,16)11-2-1-3-17-12(11)10-19-6-4-18(5-7-19)8-9-20/h1-3,20H,4-10H2. The topological polar surface area (TPSA) is 39.6 Å². The molecule has 0 atom stereocenters. The average Bonchev–Trinajstić information content (AvgIpc) is 2.41. The molecule has 1 aromatic heterocycles. The van der Waals surface area contributed by atoms with E-state index in [0.717, 1.165) is 19.2 Å². The van der Waals surface area contributed by atoms with E-state index in [1.807, 2.05) is 4.90 Å². The summed E-state index contributed by atoms with van der Waals surface area (Å²) in [4.78, 5) is 7.94. The minimum Gasteiger partial charge on any atom is -0.395 e. The van der Waals surface area contributed by atoms with Gasteiger partial charge in [-0.05, 0) is 12.1 Å². The van der Waals surface area contributed by atoms with E-state index >= 15 is 0 Å². The third-order valence-electron chi connectivity index (χ3n) is 3.45. The van der Waals surface area contributed by atoms with Crippen molar-refractivity contribution in [1.82, 2.24) is 14.8 Å². The maximum Gasteiger partial charge on any atom is 0.418 e. The lowest BCUT2D eigenvalue weighted by atomic mass is 10.1. The van der Waals surface area contributed by atoms with Crippen molar-refractivity contribution in [3.05, 3.63) is 29.6 Å². The number of aliphatic hydroxyl groups excluding tert-OH is 1. The summed E-state index contributed by atoms with van der Waals surface area (Å²) in [5, 5.41) is 8.86. The van der Waals surface area contributed by atoms with Crippen LogP contribution >= 0.6 is 0 Å². The van der Waals surface area contributed by atoms with Gasteiger partial charge in [0.2, 0.25) is 0 Å². The van der Waals surface area contributed by atoms with Crippen LogP contribution in [0.15, 0.2) is 18.3 Å². The Balaban J connectivity index is 1.98. The van der Waals surface area contributed by atoms with Gasteiger partial charge >= 0.3 is 6.18 Å². The highest BCUT2D eigenvalue weighted by Gasteiger charge is 2.34. The summed E-state index contributed by atoms with van der Waals surface area (Å²) in [7, 11) is 0. The van der Waals surface area contributed by atoms with Gasteiger partial charge in [0.1, 0.15) is 0 Å². The van der Waals surface area contributed by atoms with Crippen molar-refractivity contribution < 1.29 is 18.3 Å². The van der Waals surface area contributed by atoms with E-state index in [-0.39, 0.29) is 18.8 Å². The van der Waals surface area contributed by atoms with Gasteiger partial charge in [0, 0.05) is 45.5 Å². The average molecular weight is 289 g/mol. The van der Waals surface area contributed by atoms with E-state index in [1.165, 1.54) is 12.3 Å². The van der Waals surface area contributed by atoms with Crippen LogP contribution in [0.1, 0.15) is 11.3 Å². The number of pyridine rings is 1. The summed E-state index contributed by atoms with van der Waals surface area (Å²) in [5.74, 6) is 0. The number of aliphatic hydroxyl groups is 1. The second-order valence-electron chi connectivity index (χ2n) is 4.84. The Hall–Kier alpha value is -1.18. The van der Waals surface area contributed by atoms with E-state index < -0.39 is 11.7 Å². The minimum absolute atomic E-state index is 0.0793. The van der Waals surface area contributed by atoms with Gasteiger partial charge in [-0.25, -0.2) is 0 Å². The zero-order valence-corrected chi connectivity index (χ0v) is 11.1. The quantitative estimate of drug-likeness (QED) is 0.904. The second kappa shape index (κ2) is 6.51. The minimum atomic E-state index is -4.36. The summed E-state index contributed by atoms with van der Waals surface area (Å²) >= 11 is 0. The normalized spacial score (nSPS) is 18.4. The summed E-state index contributed by atoms with van der Waals surface area (Å²) in [6.45, 7) is 3.83. The van der Waals surface area contributed by atoms with Gasteiger partial charge < -0.3 is 5.11 Å². The van der Waals surface area contributed by atoms with Crippen molar-refractivity contribution in [1.29, 1.82) is 0 Å². The van der Waals surface area contributed by atoms with Gasteiger partial charge in [0.15, 0.2) is 0 Å². The monoisotopic (exact) mass is 289 g/mol. The lowest BCUT2D eigenvalue weighted by molar-refractivity contribution is -0.138. The first kappa shape index (κ1) is 15.2. The Bertz CT molecular complexity index is 431. The first-order valence-corrected chi connectivity index (χ1v) is 6.57. The van der Waals surface area contributed by atoms with Crippen molar-refractivity contribution in [2.75, 3.05) is 39.3 Å². The molecule has 7 heteroatoms. The zero-order chi connectivity index (χ0) is 14.6. The number of nitrogens with zero attached hydrogens (tertiary/aromatic N) is 3. The van der Waals surface area contributed by atoms with Crippen LogP contribution in [0, 0.1) is 0 Å². The predicted molar refractivity (Wildman–Crippen MR) is 68.0 cm³/mol. The number of piperazine rings is 1. The molecule has 2 heterocycles. The molecule has 1 aliphatic rings. The van der Waals surface area contributed by atoms with Crippen LogP contribution in [0.2, 0.25) is 0 Å². The van der Waals surface area contributed by atoms with Crippen LogP contribution in [-0.2, 0) is 12.7 Å². The fraction of sp³-hybridized carbons (Fsp3) is 0.615. The molecule has 1 aromatic rings. The number of β-amino-alcohol motifs (C(OH)–C–C–N with tert-alkyl or cyclic N) is 1. The van der Waals surface area contributed by atoms with Gasteiger partial charge in [-0.1, -0.05) is 0 Å². The molecule has 1 saturated heterocycles. The van der Waals surface area contributed by atoms with Gasteiger partial charge in [-0.3, -0.25) is 14.8 Å². The van der Waals surface area contributed by atoms with Crippen LogP contribution in [0.25, 0.3) is 0 Å². The summed E-state index contributed by atoms with van der Waals surface area (Å²) in [6.07, 6.45) is -2.96. The molecule has 4 nitrogen and oxygen atoms in total. The van der Waals surface area contributed by atoms with Crippen molar-refractivity contribution in [2.45, 2.75) is 12.7 Å². The number of hydrogen-bond donors (Lipinski definition) is 1. The first-order valence-electron chi connectivity index (χ1n) is 6.57. The lowest BCUT2D eigenvalue weighted by Crippen LogP contribution is -2.46. The third-order valence-corrected chi connectivity index (χ3v) is 3.45. The zero-order valence-electron chi connectivity index (χ0n) is 11.1. The van der Waals surface area contributed by atoms with E-state index in [1.54, 1.807) is 0 Å². The molecule has 112 valence electrons. The highest BCUT2D eigenvalue weighted by atomic mass is 19.4. The van der Waals surface area contributed by atoms with Crippen LogP contribution < -0.4 is 0 Å². The number of aromatic nitrogens is 1. The first-order chi connectivity index (χ1) is 9.50.